The Labute approximate surface area is 175 Å². The summed E-state index contributed by atoms with van der Waals surface area (Å²) in [6, 6.07) is 19.5. The molecule has 29 heavy (non-hydrogen) atoms. The van der Waals surface area contributed by atoms with Gasteiger partial charge in [0.05, 0.1) is 8.07 Å². The van der Waals surface area contributed by atoms with Gasteiger partial charge in [-0.2, -0.15) is 0 Å². The summed E-state index contributed by atoms with van der Waals surface area (Å²) in [4.78, 5) is 0. The maximum absolute atomic E-state index is 6.15. The molecule has 1 atom stereocenters. The average Bonchev–Trinajstić information content (AvgIpc) is 3.25. The highest BCUT2D eigenvalue weighted by Gasteiger charge is 2.42. The molecule has 2 nitrogen and oxygen atoms in total. The number of nitrogens with zero attached hydrogens (tertiary/aromatic N) is 1. The van der Waals surface area contributed by atoms with Crippen molar-refractivity contribution in [1.82, 2.24) is 4.57 Å². The van der Waals surface area contributed by atoms with E-state index in [4.69, 9.17) is 4.74 Å². The van der Waals surface area contributed by atoms with E-state index in [2.05, 4.69) is 105 Å². The Bertz CT molecular complexity index is 1080. The maximum atomic E-state index is 6.15. The summed E-state index contributed by atoms with van der Waals surface area (Å²) in [7, 11) is -1.92. The van der Waals surface area contributed by atoms with Crippen LogP contribution < -0.4 is 9.92 Å². The average molecular weight is 400 g/mol. The zero-order valence-electron chi connectivity index (χ0n) is 17.8. The minimum absolute atomic E-state index is 0.440. The Balaban J connectivity index is 1.80. The molecule has 0 radical (unpaired) electrons. The van der Waals surface area contributed by atoms with Gasteiger partial charge in [-0.3, -0.25) is 0 Å². The van der Waals surface area contributed by atoms with Crippen LogP contribution in [0, 0.1) is 6.92 Å². The molecule has 0 spiro atoms. The minimum atomic E-state index is -1.92. The number of fused-ring (bicyclic) bond motifs is 1. The Kier molecular flexibility index (Phi) is 5.09. The van der Waals surface area contributed by atoms with Crippen LogP contribution in [0.5, 0.6) is 5.75 Å². The van der Waals surface area contributed by atoms with E-state index in [0.29, 0.717) is 12.1 Å². The highest BCUT2D eigenvalue weighted by molar-refractivity contribution is 6.92. The van der Waals surface area contributed by atoms with E-state index in [9.17, 15) is 0 Å². The number of rotatable bonds is 6. The molecule has 0 saturated carbocycles. The molecule has 1 heterocycles. The second-order valence-corrected chi connectivity index (χ2v) is 13.0. The summed E-state index contributed by atoms with van der Waals surface area (Å²) in [6.45, 7) is 13.7. The Morgan fingerprint density at radius 1 is 1.03 bits per heavy atom. The summed E-state index contributed by atoms with van der Waals surface area (Å²) in [6.07, 6.45) is 6.41. The quantitative estimate of drug-likeness (QED) is 0.366. The summed E-state index contributed by atoms with van der Waals surface area (Å²) in [5.41, 5.74) is 7.07. The predicted molar refractivity (Wildman–Crippen MR) is 126 cm³/mol. The van der Waals surface area contributed by atoms with Crippen LogP contribution in [0.4, 0.5) is 0 Å². The zero-order chi connectivity index (χ0) is 20.6. The van der Waals surface area contributed by atoms with Crippen molar-refractivity contribution >= 4 is 19.3 Å². The lowest BCUT2D eigenvalue weighted by Gasteiger charge is -2.33. The van der Waals surface area contributed by atoms with Gasteiger partial charge in [-0.05, 0) is 54.4 Å². The minimum Gasteiger partial charge on any atom is -0.489 e. The van der Waals surface area contributed by atoms with Gasteiger partial charge in [0.15, 0.2) is 0 Å². The van der Waals surface area contributed by atoms with Gasteiger partial charge in [0, 0.05) is 23.1 Å². The van der Waals surface area contributed by atoms with Crippen molar-refractivity contribution in [2.24, 2.45) is 0 Å². The first kappa shape index (κ1) is 19.5. The summed E-state index contributed by atoms with van der Waals surface area (Å²) in [5, 5.41) is 1.39. The monoisotopic (exact) mass is 399 g/mol. The number of aromatic nitrogens is 1. The lowest BCUT2D eigenvalue weighted by Crippen LogP contribution is -2.48. The maximum Gasteiger partial charge on any atom is 0.121 e. The van der Waals surface area contributed by atoms with Crippen LogP contribution in [0.2, 0.25) is 13.1 Å². The van der Waals surface area contributed by atoms with Gasteiger partial charge in [0.25, 0.3) is 0 Å². The Hall–Kier alpha value is -2.78. The van der Waals surface area contributed by atoms with Crippen molar-refractivity contribution < 1.29 is 4.74 Å². The van der Waals surface area contributed by atoms with Gasteiger partial charge in [-0.15, -0.1) is 0 Å². The van der Waals surface area contributed by atoms with Crippen LogP contribution in [0.3, 0.4) is 0 Å². The van der Waals surface area contributed by atoms with E-state index in [1.807, 2.05) is 6.08 Å². The SMILES string of the molecule is C=CCOc1c(C)cccc1[Si](C)(C)C1C(C)=Cc2c1ccn2-c1ccccc1. The smallest absolute Gasteiger partial charge is 0.121 e. The molecule has 2 aromatic carbocycles. The second kappa shape index (κ2) is 7.56. The molecule has 0 bridgehead atoms. The molecule has 1 unspecified atom stereocenters. The predicted octanol–water partition coefficient (Wildman–Crippen LogP) is 6.01. The fourth-order valence-electron chi connectivity index (χ4n) is 4.82. The van der Waals surface area contributed by atoms with Crippen LogP contribution in [0.1, 0.15) is 29.3 Å². The van der Waals surface area contributed by atoms with Gasteiger partial charge in [0.1, 0.15) is 12.4 Å². The third-order valence-corrected chi connectivity index (χ3v) is 10.1. The van der Waals surface area contributed by atoms with Crippen LogP contribution in [-0.2, 0) is 0 Å². The number of allylic oxidation sites excluding steroid dienone is 1. The van der Waals surface area contributed by atoms with Crippen LogP contribution >= 0.6 is 0 Å². The number of aryl methyl sites for hydroxylation is 1. The number of ether oxygens (including phenoxy) is 1. The summed E-state index contributed by atoms with van der Waals surface area (Å²) >= 11 is 0. The van der Waals surface area contributed by atoms with E-state index in [-0.39, 0.29) is 0 Å². The molecule has 1 aromatic heterocycles. The van der Waals surface area contributed by atoms with Gasteiger partial charge in [-0.25, -0.2) is 0 Å². The number of hydrogen-bond donors (Lipinski definition) is 0. The molecule has 0 N–H and O–H groups in total. The Morgan fingerprint density at radius 2 is 1.79 bits per heavy atom. The van der Waals surface area contributed by atoms with E-state index in [1.54, 1.807) is 0 Å². The first-order valence-electron chi connectivity index (χ1n) is 10.2. The van der Waals surface area contributed by atoms with Crippen molar-refractivity contribution in [2.45, 2.75) is 32.5 Å². The highest BCUT2D eigenvalue weighted by atomic mass is 28.3. The van der Waals surface area contributed by atoms with Crippen LogP contribution in [0.25, 0.3) is 11.8 Å². The third-order valence-electron chi connectivity index (χ3n) is 6.10. The van der Waals surface area contributed by atoms with Crippen molar-refractivity contribution in [3.63, 3.8) is 0 Å². The molecule has 4 rings (SSSR count). The fourth-order valence-corrected chi connectivity index (χ4v) is 8.76. The number of para-hydroxylation sites is 2. The number of hydrogen-bond acceptors (Lipinski definition) is 1. The first-order valence-corrected chi connectivity index (χ1v) is 13.3. The lowest BCUT2D eigenvalue weighted by molar-refractivity contribution is 0.363. The van der Waals surface area contributed by atoms with Crippen LogP contribution in [-0.4, -0.2) is 19.2 Å². The van der Waals surface area contributed by atoms with Crippen molar-refractivity contribution in [1.29, 1.82) is 0 Å². The van der Waals surface area contributed by atoms with Crippen molar-refractivity contribution in [3.05, 3.63) is 95.8 Å². The second-order valence-electron chi connectivity index (χ2n) is 8.46. The Morgan fingerprint density at radius 3 is 2.52 bits per heavy atom. The fraction of sp³-hybridized carbons (Fsp3) is 0.231. The summed E-state index contributed by atoms with van der Waals surface area (Å²) < 4.78 is 8.47. The molecular weight excluding hydrogens is 370 g/mol. The zero-order valence-corrected chi connectivity index (χ0v) is 18.8. The molecule has 0 amide bonds. The molecule has 148 valence electrons. The standard InChI is InChI=1S/C26H29NOSi/c1-6-17-28-25-19(2)11-10-14-24(25)29(4,5)26-20(3)18-23-22(26)15-16-27(23)21-12-8-7-9-13-21/h6-16,18,26H,1,17H2,2-5H3. The lowest BCUT2D eigenvalue weighted by atomic mass is 10.2. The largest absolute Gasteiger partial charge is 0.489 e. The molecular formula is C26H29NOSi. The molecule has 0 aliphatic heterocycles. The van der Waals surface area contributed by atoms with Gasteiger partial charge >= 0.3 is 0 Å². The van der Waals surface area contributed by atoms with E-state index in [0.717, 1.165) is 5.75 Å². The number of benzene rings is 2. The first-order chi connectivity index (χ1) is 13.9. The summed E-state index contributed by atoms with van der Waals surface area (Å²) in [5.74, 6) is 1.05. The van der Waals surface area contributed by atoms with E-state index >= 15 is 0 Å². The van der Waals surface area contributed by atoms with Gasteiger partial charge < -0.3 is 9.30 Å². The molecule has 3 aromatic rings. The van der Waals surface area contributed by atoms with Gasteiger partial charge in [-0.1, -0.05) is 67.7 Å². The third kappa shape index (κ3) is 3.30. The molecule has 1 aliphatic rings. The molecule has 0 saturated heterocycles. The highest BCUT2D eigenvalue weighted by Crippen LogP contribution is 2.44. The molecule has 1 aliphatic carbocycles. The van der Waals surface area contributed by atoms with Crippen molar-refractivity contribution in [2.75, 3.05) is 6.61 Å². The van der Waals surface area contributed by atoms with Crippen LogP contribution in [0.15, 0.2) is 79.0 Å². The molecule has 0 fully saturated rings. The van der Waals surface area contributed by atoms with Crippen molar-refractivity contribution in [3.8, 4) is 11.4 Å². The van der Waals surface area contributed by atoms with E-state index < -0.39 is 8.07 Å². The normalized spacial score (nSPS) is 15.7. The molecule has 3 heteroatoms. The van der Waals surface area contributed by atoms with E-state index in [1.165, 1.54) is 33.3 Å². The topological polar surface area (TPSA) is 14.2 Å². The van der Waals surface area contributed by atoms with Gasteiger partial charge in [0.2, 0.25) is 0 Å².